The monoisotopic (exact) mass is 433 g/mol. The third-order valence-corrected chi connectivity index (χ3v) is 5.33. The van der Waals surface area contributed by atoms with Gasteiger partial charge >= 0.3 is 0 Å². The van der Waals surface area contributed by atoms with Gasteiger partial charge in [0.2, 0.25) is 5.91 Å². The molecule has 9 heteroatoms. The first-order chi connectivity index (χ1) is 14.1. The Balaban J connectivity index is 2.04. The minimum Gasteiger partial charge on any atom is -0.481 e. The first kappa shape index (κ1) is 23.2. The third kappa shape index (κ3) is 7.07. The van der Waals surface area contributed by atoms with Gasteiger partial charge in [0.15, 0.2) is 6.10 Å². The lowest BCUT2D eigenvalue weighted by molar-refractivity contribution is -0.127. The Morgan fingerprint density at radius 3 is 2.23 bits per heavy atom. The number of benzene rings is 2. The molecule has 0 bridgehead atoms. The van der Waals surface area contributed by atoms with E-state index in [-0.39, 0.29) is 16.7 Å². The zero-order valence-corrected chi connectivity index (χ0v) is 18.2. The van der Waals surface area contributed by atoms with Crippen LogP contribution in [0.25, 0.3) is 0 Å². The van der Waals surface area contributed by atoms with Crippen LogP contribution in [0.15, 0.2) is 53.4 Å². The molecule has 1 atom stereocenters. The van der Waals surface area contributed by atoms with Crippen LogP contribution >= 0.6 is 0 Å². The fraction of sp³-hybridized carbons (Fsp3) is 0.333. The van der Waals surface area contributed by atoms with E-state index in [4.69, 9.17) is 4.74 Å². The Morgan fingerprint density at radius 2 is 1.63 bits per heavy atom. The van der Waals surface area contributed by atoms with Gasteiger partial charge in [-0.1, -0.05) is 19.9 Å². The molecule has 0 aliphatic rings. The Bertz CT molecular complexity index is 988. The van der Waals surface area contributed by atoms with E-state index >= 15 is 0 Å². The fourth-order valence-corrected chi connectivity index (χ4v) is 3.53. The molecule has 0 saturated heterocycles. The second kappa shape index (κ2) is 10.1. The summed E-state index contributed by atoms with van der Waals surface area (Å²) in [7, 11) is -3.84. The molecule has 0 aliphatic carbocycles. The van der Waals surface area contributed by atoms with Crippen molar-refractivity contribution in [2.45, 2.75) is 38.7 Å². The molecule has 0 heterocycles. The lowest BCUT2D eigenvalue weighted by Gasteiger charge is -2.16. The van der Waals surface area contributed by atoms with E-state index in [9.17, 15) is 18.0 Å². The van der Waals surface area contributed by atoms with Gasteiger partial charge in [-0.2, -0.15) is 0 Å². The van der Waals surface area contributed by atoms with Crippen molar-refractivity contribution in [3.63, 3.8) is 0 Å². The van der Waals surface area contributed by atoms with Gasteiger partial charge in [0.05, 0.1) is 10.6 Å². The van der Waals surface area contributed by atoms with Crippen LogP contribution < -0.4 is 20.1 Å². The highest BCUT2D eigenvalue weighted by Crippen LogP contribution is 2.22. The van der Waals surface area contributed by atoms with Crippen LogP contribution in [0.3, 0.4) is 0 Å². The average molecular weight is 434 g/mol. The fourth-order valence-electron chi connectivity index (χ4n) is 2.48. The molecule has 0 spiro atoms. The highest BCUT2D eigenvalue weighted by atomic mass is 32.2. The van der Waals surface area contributed by atoms with Crippen LogP contribution in [-0.4, -0.2) is 32.9 Å². The number of carbonyl (C=O) groups excluding carboxylic acids is 2. The Labute approximate surface area is 177 Å². The molecule has 2 aromatic rings. The Hall–Kier alpha value is -3.07. The molecule has 0 fully saturated rings. The van der Waals surface area contributed by atoms with Crippen LogP contribution in [0.1, 0.15) is 27.7 Å². The molecule has 0 saturated carbocycles. The number of nitrogens with one attached hydrogen (secondary N) is 3. The van der Waals surface area contributed by atoms with Crippen molar-refractivity contribution in [2.75, 3.05) is 16.6 Å². The molecule has 30 heavy (non-hydrogen) atoms. The molecule has 3 N–H and O–H groups in total. The van der Waals surface area contributed by atoms with Crippen LogP contribution in [0.2, 0.25) is 0 Å². The number of hydrogen-bond acceptors (Lipinski definition) is 5. The van der Waals surface area contributed by atoms with Crippen molar-refractivity contribution >= 4 is 33.2 Å². The van der Waals surface area contributed by atoms with E-state index in [1.54, 1.807) is 25.1 Å². The number of anilines is 2. The van der Waals surface area contributed by atoms with Gasteiger partial charge in [0, 0.05) is 19.2 Å². The quantitative estimate of drug-likeness (QED) is 0.563. The SMILES string of the molecule is CC(=O)Nc1cccc(NS(=O)(=O)c2ccc(O[C@H](C)C(=O)NCC(C)C)cc2)c1. The number of carbonyl (C=O) groups is 2. The zero-order valence-electron chi connectivity index (χ0n) is 17.4. The molecule has 0 unspecified atom stereocenters. The van der Waals surface area contributed by atoms with E-state index in [0.29, 0.717) is 29.6 Å². The molecule has 0 aromatic heterocycles. The second-order valence-electron chi connectivity index (χ2n) is 7.24. The summed E-state index contributed by atoms with van der Waals surface area (Å²) in [5, 5.41) is 5.38. The number of ether oxygens (including phenoxy) is 1. The van der Waals surface area contributed by atoms with Gasteiger partial charge < -0.3 is 15.4 Å². The third-order valence-electron chi connectivity index (χ3n) is 3.94. The van der Waals surface area contributed by atoms with Crippen molar-refractivity contribution in [2.24, 2.45) is 5.92 Å². The predicted molar refractivity (Wildman–Crippen MR) is 116 cm³/mol. The van der Waals surface area contributed by atoms with E-state index < -0.39 is 16.1 Å². The largest absolute Gasteiger partial charge is 0.481 e. The summed E-state index contributed by atoms with van der Waals surface area (Å²) in [6.45, 7) is 7.54. The molecule has 2 aromatic carbocycles. The summed E-state index contributed by atoms with van der Waals surface area (Å²) in [5.41, 5.74) is 0.799. The van der Waals surface area contributed by atoms with E-state index in [1.807, 2.05) is 13.8 Å². The minimum absolute atomic E-state index is 0.0386. The lowest BCUT2D eigenvalue weighted by Crippen LogP contribution is -2.38. The van der Waals surface area contributed by atoms with Gasteiger partial charge in [-0.05, 0) is 55.3 Å². The maximum Gasteiger partial charge on any atom is 0.261 e. The minimum atomic E-state index is -3.84. The maximum absolute atomic E-state index is 12.6. The molecule has 2 rings (SSSR count). The normalized spacial score (nSPS) is 12.2. The smallest absolute Gasteiger partial charge is 0.261 e. The van der Waals surface area contributed by atoms with Gasteiger partial charge in [-0.25, -0.2) is 8.42 Å². The van der Waals surface area contributed by atoms with Crippen LogP contribution in [0.5, 0.6) is 5.75 Å². The molecule has 0 radical (unpaired) electrons. The summed E-state index contributed by atoms with van der Waals surface area (Å²) in [6.07, 6.45) is -0.708. The van der Waals surface area contributed by atoms with Crippen LogP contribution in [-0.2, 0) is 19.6 Å². The summed E-state index contributed by atoms with van der Waals surface area (Å²) in [4.78, 5) is 23.2. The summed E-state index contributed by atoms with van der Waals surface area (Å²) in [6, 6.07) is 12.2. The predicted octanol–water partition coefficient (Wildman–Crippen LogP) is 2.99. The highest BCUT2D eigenvalue weighted by molar-refractivity contribution is 7.92. The van der Waals surface area contributed by atoms with E-state index in [1.165, 1.54) is 37.3 Å². The van der Waals surface area contributed by atoms with Gasteiger partial charge in [0.1, 0.15) is 5.75 Å². The van der Waals surface area contributed by atoms with Crippen molar-refractivity contribution in [3.8, 4) is 5.75 Å². The van der Waals surface area contributed by atoms with Gasteiger partial charge in [-0.3, -0.25) is 14.3 Å². The highest BCUT2D eigenvalue weighted by Gasteiger charge is 2.17. The number of sulfonamides is 1. The molecule has 162 valence electrons. The Morgan fingerprint density at radius 1 is 1.00 bits per heavy atom. The van der Waals surface area contributed by atoms with Crippen molar-refractivity contribution in [1.29, 1.82) is 0 Å². The van der Waals surface area contributed by atoms with Crippen molar-refractivity contribution in [3.05, 3.63) is 48.5 Å². The number of rotatable bonds is 9. The Kier molecular flexibility index (Phi) is 7.82. The van der Waals surface area contributed by atoms with Gasteiger partial charge in [-0.15, -0.1) is 0 Å². The summed E-state index contributed by atoms with van der Waals surface area (Å²) < 4.78 is 33.3. The van der Waals surface area contributed by atoms with E-state index in [2.05, 4.69) is 15.4 Å². The first-order valence-electron chi connectivity index (χ1n) is 9.51. The molecular weight excluding hydrogens is 406 g/mol. The second-order valence-corrected chi connectivity index (χ2v) is 8.92. The topological polar surface area (TPSA) is 114 Å². The van der Waals surface area contributed by atoms with Crippen LogP contribution in [0, 0.1) is 5.92 Å². The molecule has 2 amide bonds. The molecular formula is C21H27N3O5S. The number of hydrogen-bond donors (Lipinski definition) is 3. The van der Waals surface area contributed by atoms with Crippen molar-refractivity contribution in [1.82, 2.24) is 5.32 Å². The number of amides is 2. The summed E-state index contributed by atoms with van der Waals surface area (Å²) in [5.74, 6) is 0.227. The maximum atomic E-state index is 12.6. The van der Waals surface area contributed by atoms with E-state index in [0.717, 1.165) is 0 Å². The molecule has 8 nitrogen and oxygen atoms in total. The van der Waals surface area contributed by atoms with Gasteiger partial charge in [0.25, 0.3) is 15.9 Å². The molecule has 0 aliphatic heterocycles. The van der Waals surface area contributed by atoms with Crippen molar-refractivity contribution < 1.29 is 22.7 Å². The average Bonchev–Trinajstić information content (AvgIpc) is 2.65. The summed E-state index contributed by atoms with van der Waals surface area (Å²) >= 11 is 0. The first-order valence-corrected chi connectivity index (χ1v) is 11.0. The zero-order chi connectivity index (χ0) is 22.3. The van der Waals surface area contributed by atoms with Crippen LogP contribution in [0.4, 0.5) is 11.4 Å². The lowest BCUT2D eigenvalue weighted by atomic mass is 10.2. The standard InChI is InChI=1S/C21H27N3O5S/c1-14(2)13-22-21(26)15(3)29-19-8-10-20(11-9-19)30(27,28)24-18-7-5-6-17(12-18)23-16(4)25/h5-12,14-15,24H,13H2,1-4H3,(H,22,26)(H,23,25)/t15-/m1/s1.